The fraction of sp³-hybridized carbons (Fsp3) is 0.556. The largest absolute Gasteiger partial charge is 0.481 e. The minimum Gasteiger partial charge on any atom is -0.481 e. The van der Waals surface area contributed by atoms with E-state index >= 15 is 0 Å². The molecular formula is C18H26N2O4. The second kappa shape index (κ2) is 9.39. The van der Waals surface area contributed by atoms with Crippen LogP contribution >= 0.6 is 0 Å². The van der Waals surface area contributed by atoms with E-state index in [4.69, 9.17) is 4.74 Å². The van der Waals surface area contributed by atoms with Gasteiger partial charge in [-0.05, 0) is 18.9 Å². The first kappa shape index (κ1) is 18.4. The van der Waals surface area contributed by atoms with Gasteiger partial charge in [-0.2, -0.15) is 0 Å². The minimum absolute atomic E-state index is 0.00634. The van der Waals surface area contributed by atoms with E-state index in [0.717, 1.165) is 44.0 Å². The maximum Gasteiger partial charge on any atom is 0.307 e. The zero-order chi connectivity index (χ0) is 17.4. The van der Waals surface area contributed by atoms with Gasteiger partial charge in [0.1, 0.15) is 0 Å². The average Bonchev–Trinajstić information content (AvgIpc) is 2.55. The standard InChI is InChI=1S/C18H26N2O4/c1-14-3-2-4-15(11-14)12-16(18(22)23)13-17(21)19-5-6-20-7-9-24-10-8-20/h2-4,11,16H,5-10,12-13H2,1H3,(H,19,21)(H,22,23)/t16-/m1/s1. The maximum absolute atomic E-state index is 12.0. The summed E-state index contributed by atoms with van der Waals surface area (Å²) in [7, 11) is 0. The summed E-state index contributed by atoms with van der Waals surface area (Å²) in [5.74, 6) is -1.83. The van der Waals surface area contributed by atoms with E-state index in [1.54, 1.807) is 0 Å². The van der Waals surface area contributed by atoms with Crippen LogP contribution in [0.5, 0.6) is 0 Å². The van der Waals surface area contributed by atoms with Gasteiger partial charge in [0.05, 0.1) is 19.1 Å². The Morgan fingerprint density at radius 3 is 2.75 bits per heavy atom. The van der Waals surface area contributed by atoms with E-state index in [2.05, 4.69) is 10.2 Å². The van der Waals surface area contributed by atoms with Crippen molar-refractivity contribution in [3.63, 3.8) is 0 Å². The molecule has 1 fully saturated rings. The summed E-state index contributed by atoms with van der Waals surface area (Å²) < 4.78 is 5.28. The molecule has 1 amide bonds. The second-order valence-corrected chi connectivity index (χ2v) is 6.24. The minimum atomic E-state index is -0.931. The average molecular weight is 334 g/mol. The fourth-order valence-corrected chi connectivity index (χ4v) is 2.84. The van der Waals surface area contributed by atoms with Crippen LogP contribution < -0.4 is 5.32 Å². The Balaban J connectivity index is 1.77. The predicted molar refractivity (Wildman–Crippen MR) is 90.9 cm³/mol. The van der Waals surface area contributed by atoms with Crippen molar-refractivity contribution in [2.45, 2.75) is 19.8 Å². The van der Waals surface area contributed by atoms with Crippen molar-refractivity contribution >= 4 is 11.9 Å². The van der Waals surface area contributed by atoms with Crippen molar-refractivity contribution in [2.75, 3.05) is 39.4 Å². The van der Waals surface area contributed by atoms with Crippen LogP contribution in [-0.4, -0.2) is 61.3 Å². The van der Waals surface area contributed by atoms with Crippen LogP contribution in [0.15, 0.2) is 24.3 Å². The number of rotatable bonds is 8. The number of morpholine rings is 1. The molecule has 0 spiro atoms. The molecule has 0 unspecified atom stereocenters. The number of benzene rings is 1. The van der Waals surface area contributed by atoms with Gasteiger partial charge in [-0.15, -0.1) is 0 Å². The molecule has 1 aromatic carbocycles. The lowest BCUT2D eigenvalue weighted by molar-refractivity contribution is -0.144. The summed E-state index contributed by atoms with van der Waals surface area (Å²) >= 11 is 0. The molecule has 1 aliphatic heterocycles. The summed E-state index contributed by atoms with van der Waals surface area (Å²) in [5, 5.41) is 12.2. The lowest BCUT2D eigenvalue weighted by atomic mass is 9.95. The Morgan fingerprint density at radius 1 is 1.33 bits per heavy atom. The molecule has 0 aliphatic carbocycles. The molecular weight excluding hydrogens is 308 g/mol. The molecule has 1 saturated heterocycles. The molecule has 1 aromatic rings. The number of hydrogen-bond acceptors (Lipinski definition) is 4. The van der Waals surface area contributed by atoms with Crippen molar-refractivity contribution in [1.82, 2.24) is 10.2 Å². The fourth-order valence-electron chi connectivity index (χ4n) is 2.84. The van der Waals surface area contributed by atoms with Crippen LogP contribution in [0.4, 0.5) is 0 Å². The first-order valence-corrected chi connectivity index (χ1v) is 8.40. The van der Waals surface area contributed by atoms with E-state index < -0.39 is 11.9 Å². The van der Waals surface area contributed by atoms with Crippen LogP contribution in [0.25, 0.3) is 0 Å². The number of hydrogen-bond donors (Lipinski definition) is 2. The number of amides is 1. The summed E-state index contributed by atoms with van der Waals surface area (Å²) in [6.07, 6.45) is 0.375. The molecule has 132 valence electrons. The number of nitrogens with one attached hydrogen (secondary N) is 1. The highest BCUT2D eigenvalue weighted by Crippen LogP contribution is 2.14. The molecule has 1 aliphatic rings. The predicted octanol–water partition coefficient (Wildman–Crippen LogP) is 1.08. The zero-order valence-electron chi connectivity index (χ0n) is 14.2. The molecule has 1 heterocycles. The van der Waals surface area contributed by atoms with E-state index in [0.29, 0.717) is 13.0 Å². The van der Waals surface area contributed by atoms with Gasteiger partial charge in [-0.1, -0.05) is 29.8 Å². The molecule has 1 atom stereocenters. The van der Waals surface area contributed by atoms with Crippen molar-refractivity contribution in [3.8, 4) is 0 Å². The normalized spacial score (nSPS) is 16.5. The molecule has 0 bridgehead atoms. The Hall–Kier alpha value is -1.92. The van der Waals surface area contributed by atoms with Gasteiger partial charge in [0.2, 0.25) is 5.91 Å². The molecule has 0 aromatic heterocycles. The molecule has 24 heavy (non-hydrogen) atoms. The lowest BCUT2D eigenvalue weighted by Crippen LogP contribution is -2.41. The summed E-state index contributed by atoms with van der Waals surface area (Å²) in [4.78, 5) is 25.7. The van der Waals surface area contributed by atoms with Crippen LogP contribution in [-0.2, 0) is 20.7 Å². The quantitative estimate of drug-likeness (QED) is 0.744. The number of carboxylic acid groups (broad SMARTS) is 1. The first-order valence-electron chi connectivity index (χ1n) is 8.40. The Bertz CT molecular complexity index is 556. The van der Waals surface area contributed by atoms with Gasteiger partial charge in [-0.3, -0.25) is 14.5 Å². The highest BCUT2D eigenvalue weighted by Gasteiger charge is 2.22. The Morgan fingerprint density at radius 2 is 2.08 bits per heavy atom. The van der Waals surface area contributed by atoms with E-state index in [1.165, 1.54) is 0 Å². The maximum atomic E-state index is 12.0. The third-order valence-electron chi connectivity index (χ3n) is 4.20. The zero-order valence-corrected chi connectivity index (χ0v) is 14.2. The smallest absolute Gasteiger partial charge is 0.307 e. The van der Waals surface area contributed by atoms with Crippen LogP contribution in [0.3, 0.4) is 0 Å². The van der Waals surface area contributed by atoms with Gasteiger partial charge >= 0.3 is 5.97 Å². The number of carboxylic acids is 1. The van der Waals surface area contributed by atoms with E-state index in [-0.39, 0.29) is 12.3 Å². The van der Waals surface area contributed by atoms with E-state index in [1.807, 2.05) is 31.2 Å². The first-order chi connectivity index (χ1) is 11.5. The second-order valence-electron chi connectivity index (χ2n) is 6.24. The third kappa shape index (κ3) is 6.29. The number of ether oxygens (including phenoxy) is 1. The van der Waals surface area contributed by atoms with Crippen LogP contribution in [0, 0.1) is 12.8 Å². The van der Waals surface area contributed by atoms with E-state index in [9.17, 15) is 14.7 Å². The number of carbonyl (C=O) groups excluding carboxylic acids is 1. The number of aryl methyl sites for hydroxylation is 1. The number of aliphatic carboxylic acids is 1. The highest BCUT2D eigenvalue weighted by molar-refractivity contribution is 5.82. The summed E-state index contributed by atoms with van der Waals surface area (Å²) in [5.41, 5.74) is 2.04. The highest BCUT2D eigenvalue weighted by atomic mass is 16.5. The number of nitrogens with zero attached hydrogens (tertiary/aromatic N) is 1. The van der Waals surface area contributed by atoms with Gasteiger partial charge < -0.3 is 15.2 Å². The Kier molecular flexibility index (Phi) is 7.21. The SMILES string of the molecule is Cc1cccc(C[C@H](CC(=O)NCCN2CCOCC2)C(=O)O)c1. The van der Waals surface area contributed by atoms with Crippen molar-refractivity contribution < 1.29 is 19.4 Å². The topological polar surface area (TPSA) is 78.9 Å². The number of carbonyl (C=O) groups is 2. The molecule has 0 radical (unpaired) electrons. The van der Waals surface area contributed by atoms with Gasteiger partial charge in [-0.25, -0.2) is 0 Å². The summed E-state index contributed by atoms with van der Waals surface area (Å²) in [6.45, 7) is 6.48. The molecule has 0 saturated carbocycles. The van der Waals surface area contributed by atoms with Crippen molar-refractivity contribution in [2.24, 2.45) is 5.92 Å². The van der Waals surface area contributed by atoms with Crippen LogP contribution in [0.1, 0.15) is 17.5 Å². The van der Waals surface area contributed by atoms with Crippen molar-refractivity contribution in [3.05, 3.63) is 35.4 Å². The third-order valence-corrected chi connectivity index (χ3v) is 4.20. The molecule has 6 nitrogen and oxygen atoms in total. The van der Waals surface area contributed by atoms with Crippen molar-refractivity contribution in [1.29, 1.82) is 0 Å². The van der Waals surface area contributed by atoms with Gasteiger partial charge in [0.15, 0.2) is 0 Å². The summed E-state index contributed by atoms with van der Waals surface area (Å²) in [6, 6.07) is 7.75. The monoisotopic (exact) mass is 334 g/mol. The molecule has 6 heteroatoms. The Labute approximate surface area is 142 Å². The molecule has 2 rings (SSSR count). The van der Waals surface area contributed by atoms with Gasteiger partial charge in [0, 0.05) is 32.6 Å². The lowest BCUT2D eigenvalue weighted by Gasteiger charge is -2.26. The van der Waals surface area contributed by atoms with Gasteiger partial charge in [0.25, 0.3) is 0 Å². The molecule has 2 N–H and O–H groups in total. The van der Waals surface area contributed by atoms with Crippen LogP contribution in [0.2, 0.25) is 0 Å².